The molecule has 2 aromatic rings. The smallest absolute Gasteiger partial charge is 0.235 e. The van der Waals surface area contributed by atoms with Crippen LogP contribution in [0.2, 0.25) is 0 Å². The molecule has 0 N–H and O–H groups in total. The van der Waals surface area contributed by atoms with Gasteiger partial charge in [-0.15, -0.1) is 11.8 Å². The van der Waals surface area contributed by atoms with Crippen LogP contribution in [-0.4, -0.2) is 38.9 Å². The van der Waals surface area contributed by atoms with Crippen LogP contribution in [0.4, 0.5) is 0 Å². The Morgan fingerprint density at radius 2 is 2.09 bits per heavy atom. The van der Waals surface area contributed by atoms with Gasteiger partial charge >= 0.3 is 0 Å². The van der Waals surface area contributed by atoms with E-state index in [1.165, 1.54) is 5.56 Å². The van der Waals surface area contributed by atoms with E-state index in [1.54, 1.807) is 18.0 Å². The van der Waals surface area contributed by atoms with Crippen molar-refractivity contribution < 1.29 is 4.79 Å². The predicted octanol–water partition coefficient (Wildman–Crippen LogP) is 3.22. The molecule has 1 heterocycles. The lowest BCUT2D eigenvalue weighted by atomic mass is 10.2. The van der Waals surface area contributed by atoms with Crippen molar-refractivity contribution in [3.8, 4) is 0 Å². The van der Waals surface area contributed by atoms with Crippen molar-refractivity contribution in [1.29, 1.82) is 0 Å². The van der Waals surface area contributed by atoms with Crippen LogP contribution in [0.5, 0.6) is 0 Å². The average Bonchev–Trinajstić information content (AvgIpc) is 3.03. The fraction of sp³-hybridized carbons (Fsp3) is 0.412. The average molecular weight is 317 g/mol. The molecule has 0 aliphatic heterocycles. The maximum absolute atomic E-state index is 12.6. The van der Waals surface area contributed by atoms with E-state index in [1.807, 2.05) is 35.7 Å². The van der Waals surface area contributed by atoms with Crippen LogP contribution in [-0.2, 0) is 11.3 Å². The lowest BCUT2D eigenvalue weighted by Gasteiger charge is -2.24. The highest BCUT2D eigenvalue weighted by atomic mass is 32.2. The molecule has 118 valence electrons. The number of thioether (sulfide) groups is 1. The fourth-order valence-corrected chi connectivity index (χ4v) is 3.16. The van der Waals surface area contributed by atoms with E-state index in [-0.39, 0.29) is 11.2 Å². The zero-order valence-corrected chi connectivity index (χ0v) is 14.2. The Kier molecular flexibility index (Phi) is 6.07. The molecular formula is C17H23N3OS. The number of carbonyl (C=O) groups excluding carboxylic acids is 1. The van der Waals surface area contributed by atoms with Gasteiger partial charge < -0.3 is 4.90 Å². The number of carbonyl (C=O) groups is 1. The quantitative estimate of drug-likeness (QED) is 0.736. The summed E-state index contributed by atoms with van der Waals surface area (Å²) in [5.74, 6) is 0.181. The Morgan fingerprint density at radius 3 is 2.68 bits per heavy atom. The summed E-state index contributed by atoms with van der Waals surface area (Å²) in [6, 6.07) is 10.2. The fourth-order valence-electron chi connectivity index (χ4n) is 2.21. The monoisotopic (exact) mass is 317 g/mol. The van der Waals surface area contributed by atoms with E-state index in [9.17, 15) is 4.79 Å². The third kappa shape index (κ3) is 4.63. The number of hydrogen-bond acceptors (Lipinski definition) is 3. The number of amides is 1. The van der Waals surface area contributed by atoms with Crippen LogP contribution < -0.4 is 0 Å². The maximum atomic E-state index is 12.6. The minimum Gasteiger partial charge on any atom is -0.340 e. The van der Waals surface area contributed by atoms with Gasteiger partial charge in [-0.05, 0) is 39.0 Å². The van der Waals surface area contributed by atoms with Crippen molar-refractivity contribution in [3.63, 3.8) is 0 Å². The summed E-state index contributed by atoms with van der Waals surface area (Å²) in [7, 11) is 0. The molecule has 22 heavy (non-hydrogen) atoms. The molecule has 0 radical (unpaired) electrons. The van der Waals surface area contributed by atoms with E-state index < -0.39 is 0 Å². The van der Waals surface area contributed by atoms with Crippen molar-refractivity contribution in [2.45, 2.75) is 37.5 Å². The molecule has 1 amide bonds. The molecule has 0 aliphatic rings. The molecule has 4 nitrogen and oxygen atoms in total. The summed E-state index contributed by atoms with van der Waals surface area (Å²) >= 11 is 1.61. The van der Waals surface area contributed by atoms with Crippen LogP contribution in [0, 0.1) is 6.92 Å². The molecule has 1 atom stereocenters. The molecule has 0 saturated carbocycles. The largest absolute Gasteiger partial charge is 0.340 e. The minimum atomic E-state index is -0.0831. The number of nitrogens with zero attached hydrogens (tertiary/aromatic N) is 3. The van der Waals surface area contributed by atoms with Crippen LogP contribution >= 0.6 is 11.8 Å². The van der Waals surface area contributed by atoms with Gasteiger partial charge in [0.15, 0.2) is 0 Å². The van der Waals surface area contributed by atoms with Crippen LogP contribution in [0.3, 0.4) is 0 Å². The number of aromatic nitrogens is 2. The third-order valence-corrected chi connectivity index (χ3v) is 4.63. The normalized spacial score (nSPS) is 12.1. The third-order valence-electron chi connectivity index (χ3n) is 3.53. The van der Waals surface area contributed by atoms with Crippen LogP contribution in [0.1, 0.15) is 19.4 Å². The Hall–Kier alpha value is -1.75. The van der Waals surface area contributed by atoms with Crippen molar-refractivity contribution in [1.82, 2.24) is 14.7 Å². The van der Waals surface area contributed by atoms with Gasteiger partial charge in [-0.3, -0.25) is 9.48 Å². The zero-order valence-electron chi connectivity index (χ0n) is 13.4. The highest BCUT2D eigenvalue weighted by molar-refractivity contribution is 8.00. The van der Waals surface area contributed by atoms with E-state index in [0.717, 1.165) is 18.0 Å². The Labute approximate surface area is 136 Å². The summed E-state index contributed by atoms with van der Waals surface area (Å²) in [6.45, 7) is 8.20. The summed E-state index contributed by atoms with van der Waals surface area (Å²) in [6.07, 6.45) is 3.68. The number of benzene rings is 1. The SMILES string of the molecule is CCN(CCn1cccn1)C(=O)[C@@H](C)Sc1ccc(C)cc1. The van der Waals surface area contributed by atoms with Gasteiger partial charge in [0.05, 0.1) is 11.8 Å². The standard InChI is InChI=1S/C17H23N3OS/c1-4-19(12-13-20-11-5-10-18-20)17(21)15(3)22-16-8-6-14(2)7-9-16/h5-11,15H,4,12-13H2,1-3H3/t15-/m1/s1. The van der Waals surface area contributed by atoms with Gasteiger partial charge in [-0.25, -0.2) is 0 Å². The molecule has 0 fully saturated rings. The number of hydrogen-bond donors (Lipinski definition) is 0. The lowest BCUT2D eigenvalue weighted by Crippen LogP contribution is -2.38. The Morgan fingerprint density at radius 1 is 1.36 bits per heavy atom. The highest BCUT2D eigenvalue weighted by Crippen LogP contribution is 2.24. The van der Waals surface area contributed by atoms with Crippen molar-refractivity contribution in [2.75, 3.05) is 13.1 Å². The van der Waals surface area contributed by atoms with Gasteiger partial charge in [-0.1, -0.05) is 17.7 Å². The molecule has 0 spiro atoms. The summed E-state index contributed by atoms with van der Waals surface area (Å²) in [4.78, 5) is 15.6. The summed E-state index contributed by atoms with van der Waals surface area (Å²) < 4.78 is 1.85. The second-order valence-corrected chi connectivity index (χ2v) is 6.67. The van der Waals surface area contributed by atoms with Gasteiger partial charge in [0.1, 0.15) is 0 Å². The van der Waals surface area contributed by atoms with E-state index in [0.29, 0.717) is 6.54 Å². The molecule has 0 unspecified atom stereocenters. The first-order valence-corrected chi connectivity index (χ1v) is 8.47. The molecule has 2 rings (SSSR count). The molecular weight excluding hydrogens is 294 g/mol. The Bertz CT molecular complexity index is 580. The molecule has 0 saturated heterocycles. The maximum Gasteiger partial charge on any atom is 0.235 e. The summed E-state index contributed by atoms with van der Waals surface area (Å²) in [5.41, 5.74) is 1.23. The van der Waals surface area contributed by atoms with E-state index >= 15 is 0 Å². The first kappa shape index (κ1) is 16.6. The van der Waals surface area contributed by atoms with Gasteiger partial charge in [0.25, 0.3) is 0 Å². The van der Waals surface area contributed by atoms with E-state index in [4.69, 9.17) is 0 Å². The second kappa shape index (κ2) is 8.03. The van der Waals surface area contributed by atoms with E-state index in [2.05, 4.69) is 36.3 Å². The number of aryl methyl sites for hydroxylation is 1. The number of rotatable bonds is 7. The first-order chi connectivity index (χ1) is 10.6. The Balaban J connectivity index is 1.90. The van der Waals surface area contributed by atoms with Crippen LogP contribution in [0.15, 0.2) is 47.6 Å². The second-order valence-electron chi connectivity index (χ2n) is 5.26. The van der Waals surface area contributed by atoms with Crippen molar-refractivity contribution in [3.05, 3.63) is 48.3 Å². The highest BCUT2D eigenvalue weighted by Gasteiger charge is 2.20. The topological polar surface area (TPSA) is 38.1 Å². The zero-order chi connectivity index (χ0) is 15.9. The lowest BCUT2D eigenvalue weighted by molar-refractivity contribution is -0.130. The molecule has 1 aromatic heterocycles. The van der Waals surface area contributed by atoms with Crippen molar-refractivity contribution in [2.24, 2.45) is 0 Å². The van der Waals surface area contributed by atoms with Crippen molar-refractivity contribution >= 4 is 17.7 Å². The molecule has 0 aliphatic carbocycles. The van der Waals surface area contributed by atoms with Gasteiger partial charge in [0.2, 0.25) is 5.91 Å². The first-order valence-electron chi connectivity index (χ1n) is 7.59. The van der Waals surface area contributed by atoms with Gasteiger partial charge in [-0.2, -0.15) is 5.10 Å². The predicted molar refractivity (Wildman–Crippen MR) is 91.0 cm³/mol. The van der Waals surface area contributed by atoms with Gasteiger partial charge in [0, 0.05) is 30.4 Å². The number of likely N-dealkylation sites (N-methyl/N-ethyl adjacent to an activating group) is 1. The molecule has 5 heteroatoms. The molecule has 1 aromatic carbocycles. The molecule has 0 bridgehead atoms. The van der Waals surface area contributed by atoms with Crippen LogP contribution in [0.25, 0.3) is 0 Å². The minimum absolute atomic E-state index is 0.0831. The summed E-state index contributed by atoms with van der Waals surface area (Å²) in [5, 5.41) is 4.09.